The highest BCUT2D eigenvalue weighted by Crippen LogP contribution is 2.49. The molecule has 0 bridgehead atoms. The van der Waals surface area contributed by atoms with Gasteiger partial charge < -0.3 is 10.4 Å². The number of carbonyl (C=O) groups is 2. The molecule has 1 unspecified atom stereocenters. The average molecular weight is 417 g/mol. The standard InChI is InChI=1S/C21H14F3NO3S/c22-21(23,24)13-8-6-11(7-9-13)14-10-15(26)25-17-16(12-4-2-1-3-5-12)19(20(27)28)29-18(14)17/h1-9,14H,10H2,(H,25,26)(H,27,28). The SMILES string of the molecule is O=C1CC(c2ccc(C(F)(F)F)cc2)c2sc(C(=O)O)c(-c3ccccc3)c2N1. The Hall–Kier alpha value is -3.13. The van der Waals surface area contributed by atoms with Gasteiger partial charge in [-0.05, 0) is 23.3 Å². The van der Waals surface area contributed by atoms with Crippen LogP contribution < -0.4 is 5.32 Å². The van der Waals surface area contributed by atoms with E-state index in [9.17, 15) is 27.9 Å². The van der Waals surface area contributed by atoms with Gasteiger partial charge in [-0.25, -0.2) is 4.79 Å². The molecule has 8 heteroatoms. The van der Waals surface area contributed by atoms with E-state index >= 15 is 0 Å². The van der Waals surface area contributed by atoms with E-state index in [1.165, 1.54) is 12.1 Å². The minimum atomic E-state index is -4.45. The van der Waals surface area contributed by atoms with Crippen molar-refractivity contribution in [1.29, 1.82) is 0 Å². The van der Waals surface area contributed by atoms with Crippen molar-refractivity contribution in [3.05, 3.63) is 75.5 Å². The summed E-state index contributed by atoms with van der Waals surface area (Å²) in [5.74, 6) is -1.94. The Balaban J connectivity index is 1.86. The van der Waals surface area contributed by atoms with E-state index in [1.807, 2.05) is 0 Å². The number of rotatable bonds is 3. The number of amides is 1. The number of carbonyl (C=O) groups excluding carboxylic acids is 1. The molecule has 4 nitrogen and oxygen atoms in total. The summed E-state index contributed by atoms with van der Waals surface area (Å²) < 4.78 is 38.6. The number of hydrogen-bond acceptors (Lipinski definition) is 3. The van der Waals surface area contributed by atoms with Gasteiger partial charge in [-0.3, -0.25) is 4.79 Å². The number of fused-ring (bicyclic) bond motifs is 1. The van der Waals surface area contributed by atoms with Crippen LogP contribution in [0.15, 0.2) is 54.6 Å². The second-order valence-corrected chi connectivity index (χ2v) is 7.69. The molecule has 148 valence electrons. The first-order chi connectivity index (χ1) is 13.8. The monoisotopic (exact) mass is 417 g/mol. The lowest BCUT2D eigenvalue weighted by Gasteiger charge is -2.24. The first kappa shape index (κ1) is 19.2. The fourth-order valence-electron chi connectivity index (χ4n) is 3.49. The minimum Gasteiger partial charge on any atom is -0.477 e. The third-order valence-electron chi connectivity index (χ3n) is 4.80. The first-order valence-electron chi connectivity index (χ1n) is 8.68. The molecule has 0 spiro atoms. The number of nitrogens with one attached hydrogen (secondary N) is 1. The fourth-order valence-corrected chi connectivity index (χ4v) is 4.74. The molecule has 3 aromatic rings. The Bertz CT molecular complexity index is 1090. The number of carboxylic acid groups (broad SMARTS) is 1. The Morgan fingerprint density at radius 2 is 1.72 bits per heavy atom. The second-order valence-electron chi connectivity index (χ2n) is 6.64. The molecule has 1 aliphatic rings. The van der Waals surface area contributed by atoms with Gasteiger partial charge in [-0.1, -0.05) is 42.5 Å². The Morgan fingerprint density at radius 3 is 2.31 bits per heavy atom. The zero-order valence-corrected chi connectivity index (χ0v) is 15.6. The number of halogens is 3. The summed E-state index contributed by atoms with van der Waals surface area (Å²) in [6.07, 6.45) is -4.42. The Labute approximate surface area is 167 Å². The highest BCUT2D eigenvalue weighted by atomic mass is 32.1. The summed E-state index contributed by atoms with van der Waals surface area (Å²) in [4.78, 5) is 24.9. The third-order valence-corrected chi connectivity index (χ3v) is 6.09. The van der Waals surface area contributed by atoms with Crippen molar-refractivity contribution in [1.82, 2.24) is 0 Å². The van der Waals surface area contributed by atoms with E-state index in [4.69, 9.17) is 0 Å². The van der Waals surface area contributed by atoms with Crippen molar-refractivity contribution >= 4 is 28.9 Å². The van der Waals surface area contributed by atoms with Crippen LogP contribution in [0.3, 0.4) is 0 Å². The molecule has 1 aliphatic heterocycles. The molecule has 0 fully saturated rings. The molecule has 0 saturated heterocycles. The topological polar surface area (TPSA) is 66.4 Å². The molecule has 1 aromatic heterocycles. The lowest BCUT2D eigenvalue weighted by atomic mass is 9.88. The van der Waals surface area contributed by atoms with Gasteiger partial charge in [0.05, 0.1) is 11.3 Å². The summed E-state index contributed by atoms with van der Waals surface area (Å²) in [5, 5.41) is 12.5. The van der Waals surface area contributed by atoms with Crippen molar-refractivity contribution < 1.29 is 27.9 Å². The zero-order valence-electron chi connectivity index (χ0n) is 14.8. The summed E-state index contributed by atoms with van der Waals surface area (Å²) >= 11 is 1.04. The minimum absolute atomic E-state index is 0.0339. The van der Waals surface area contributed by atoms with Crippen LogP contribution in [0, 0.1) is 0 Å². The largest absolute Gasteiger partial charge is 0.477 e. The van der Waals surface area contributed by atoms with Crippen LogP contribution in [0.5, 0.6) is 0 Å². The molecular weight excluding hydrogens is 403 g/mol. The lowest BCUT2D eigenvalue weighted by Crippen LogP contribution is -2.22. The maximum atomic E-state index is 12.9. The van der Waals surface area contributed by atoms with Gasteiger partial charge in [0.2, 0.25) is 5.91 Å². The third kappa shape index (κ3) is 3.51. The highest BCUT2D eigenvalue weighted by molar-refractivity contribution is 7.15. The maximum Gasteiger partial charge on any atom is 0.416 e. The van der Waals surface area contributed by atoms with E-state index < -0.39 is 23.6 Å². The van der Waals surface area contributed by atoms with E-state index in [0.717, 1.165) is 23.5 Å². The molecule has 0 saturated carbocycles. The van der Waals surface area contributed by atoms with Crippen molar-refractivity contribution in [3.8, 4) is 11.1 Å². The van der Waals surface area contributed by atoms with Gasteiger partial charge in [0, 0.05) is 22.8 Å². The molecule has 1 amide bonds. The van der Waals surface area contributed by atoms with Crippen LogP contribution >= 0.6 is 11.3 Å². The van der Waals surface area contributed by atoms with Crippen LogP contribution in [0.2, 0.25) is 0 Å². The fraction of sp³-hybridized carbons (Fsp3) is 0.143. The molecule has 2 aromatic carbocycles. The summed E-state index contributed by atoms with van der Waals surface area (Å²) in [5.41, 5.74) is 1.24. The number of thiophene rings is 1. The average Bonchev–Trinajstić information content (AvgIpc) is 3.07. The first-order valence-corrected chi connectivity index (χ1v) is 9.49. The normalized spacial score (nSPS) is 16.2. The van der Waals surface area contributed by atoms with Crippen LogP contribution in [0.4, 0.5) is 18.9 Å². The second kappa shape index (κ2) is 7.04. The number of hydrogen-bond donors (Lipinski definition) is 2. The van der Waals surface area contributed by atoms with Crippen LogP contribution in [-0.4, -0.2) is 17.0 Å². The van der Waals surface area contributed by atoms with Crippen molar-refractivity contribution in [2.24, 2.45) is 0 Å². The molecule has 4 rings (SSSR count). The maximum absolute atomic E-state index is 12.9. The van der Waals surface area contributed by atoms with E-state index in [-0.39, 0.29) is 17.2 Å². The van der Waals surface area contributed by atoms with Gasteiger partial charge in [-0.15, -0.1) is 11.3 Å². The van der Waals surface area contributed by atoms with E-state index in [2.05, 4.69) is 5.32 Å². The van der Waals surface area contributed by atoms with Crippen molar-refractivity contribution in [2.45, 2.75) is 18.5 Å². The molecular formula is C21H14F3NO3S. The van der Waals surface area contributed by atoms with E-state index in [1.54, 1.807) is 30.3 Å². The van der Waals surface area contributed by atoms with Gasteiger partial charge in [0.25, 0.3) is 0 Å². The predicted octanol–water partition coefficient (Wildman–Crippen LogP) is 5.61. The van der Waals surface area contributed by atoms with Crippen LogP contribution in [0.1, 0.15) is 38.0 Å². The number of alkyl halides is 3. The van der Waals surface area contributed by atoms with Gasteiger partial charge in [0.15, 0.2) is 0 Å². The molecule has 0 aliphatic carbocycles. The summed E-state index contributed by atoms with van der Waals surface area (Å²) in [7, 11) is 0. The van der Waals surface area contributed by atoms with Gasteiger partial charge in [-0.2, -0.15) is 13.2 Å². The Morgan fingerprint density at radius 1 is 1.07 bits per heavy atom. The number of anilines is 1. The number of benzene rings is 2. The molecule has 2 N–H and O–H groups in total. The summed E-state index contributed by atoms with van der Waals surface area (Å²) in [6.45, 7) is 0. The molecule has 29 heavy (non-hydrogen) atoms. The number of carboxylic acids is 1. The van der Waals surface area contributed by atoms with Crippen LogP contribution in [0.25, 0.3) is 11.1 Å². The van der Waals surface area contributed by atoms with Gasteiger partial charge >= 0.3 is 12.1 Å². The molecule has 2 heterocycles. The number of aromatic carboxylic acids is 1. The van der Waals surface area contributed by atoms with Crippen molar-refractivity contribution in [2.75, 3.05) is 5.32 Å². The predicted molar refractivity (Wildman–Crippen MR) is 103 cm³/mol. The lowest BCUT2D eigenvalue weighted by molar-refractivity contribution is -0.137. The van der Waals surface area contributed by atoms with Gasteiger partial charge in [0.1, 0.15) is 4.88 Å². The molecule has 1 atom stereocenters. The highest BCUT2D eigenvalue weighted by Gasteiger charge is 2.35. The zero-order chi connectivity index (χ0) is 20.8. The summed E-state index contributed by atoms with van der Waals surface area (Å²) in [6, 6.07) is 13.5. The van der Waals surface area contributed by atoms with Crippen molar-refractivity contribution in [3.63, 3.8) is 0 Å². The smallest absolute Gasteiger partial charge is 0.416 e. The van der Waals surface area contributed by atoms with Crippen LogP contribution in [-0.2, 0) is 11.0 Å². The van der Waals surface area contributed by atoms with E-state index in [0.29, 0.717) is 27.3 Å². The molecule has 0 radical (unpaired) electrons. The quantitative estimate of drug-likeness (QED) is 0.582. The Kier molecular flexibility index (Phi) is 4.66.